The molecule has 0 saturated heterocycles. The van der Waals surface area contributed by atoms with Crippen LogP contribution in [0.25, 0.3) is 10.8 Å². The van der Waals surface area contributed by atoms with Gasteiger partial charge in [0, 0.05) is 5.39 Å². The van der Waals surface area contributed by atoms with E-state index in [1.54, 1.807) is 31.2 Å². The number of nitrogens with one attached hydrogen (secondary N) is 3. The Hall–Kier alpha value is -3.06. The Balaban J connectivity index is 1.77. The first kappa shape index (κ1) is 18.7. The second-order valence-corrected chi connectivity index (χ2v) is 8.06. The maximum Gasteiger partial charge on any atom is 0.319 e. The SMILES string of the molecule is CC(NC(=O)Nc1cccc2ccccc12)c1ccccc1NS(C)(=O)=O. The van der Waals surface area contributed by atoms with Crippen molar-refractivity contribution in [2.24, 2.45) is 0 Å². The summed E-state index contributed by atoms with van der Waals surface area (Å²) in [6, 6.07) is 19.7. The lowest BCUT2D eigenvalue weighted by molar-refractivity contribution is 0.249. The summed E-state index contributed by atoms with van der Waals surface area (Å²) in [5.41, 5.74) is 1.83. The van der Waals surface area contributed by atoms with Crippen molar-refractivity contribution in [3.8, 4) is 0 Å². The molecule has 3 rings (SSSR count). The van der Waals surface area contributed by atoms with Crippen LogP contribution in [-0.4, -0.2) is 20.7 Å². The number of hydrogen-bond acceptors (Lipinski definition) is 3. The Labute approximate surface area is 158 Å². The van der Waals surface area contributed by atoms with Crippen LogP contribution in [0.15, 0.2) is 66.7 Å². The molecule has 0 aromatic heterocycles. The third kappa shape index (κ3) is 4.77. The highest BCUT2D eigenvalue weighted by molar-refractivity contribution is 7.92. The van der Waals surface area contributed by atoms with Crippen LogP contribution in [0.3, 0.4) is 0 Å². The topological polar surface area (TPSA) is 87.3 Å². The van der Waals surface area contributed by atoms with Gasteiger partial charge in [0.1, 0.15) is 0 Å². The second kappa shape index (κ2) is 7.67. The highest BCUT2D eigenvalue weighted by Gasteiger charge is 2.15. The highest BCUT2D eigenvalue weighted by Crippen LogP contribution is 2.25. The predicted octanol–water partition coefficient (Wildman–Crippen LogP) is 4.09. The number of rotatable bonds is 5. The van der Waals surface area contributed by atoms with E-state index >= 15 is 0 Å². The molecule has 0 bridgehead atoms. The van der Waals surface area contributed by atoms with Gasteiger partial charge < -0.3 is 10.6 Å². The van der Waals surface area contributed by atoms with Crippen molar-refractivity contribution >= 4 is 38.2 Å². The van der Waals surface area contributed by atoms with Crippen LogP contribution < -0.4 is 15.4 Å². The van der Waals surface area contributed by atoms with Gasteiger partial charge in [0.05, 0.1) is 23.7 Å². The molecule has 1 unspecified atom stereocenters. The summed E-state index contributed by atoms with van der Waals surface area (Å²) >= 11 is 0. The maximum atomic E-state index is 12.5. The number of anilines is 2. The number of sulfonamides is 1. The molecule has 3 aromatic carbocycles. The van der Waals surface area contributed by atoms with Crippen LogP contribution >= 0.6 is 0 Å². The molecule has 0 fully saturated rings. The average Bonchev–Trinajstić information content (AvgIpc) is 2.61. The van der Waals surface area contributed by atoms with E-state index in [4.69, 9.17) is 0 Å². The molecule has 7 heteroatoms. The van der Waals surface area contributed by atoms with Gasteiger partial charge in [-0.2, -0.15) is 0 Å². The minimum atomic E-state index is -3.41. The van der Waals surface area contributed by atoms with Gasteiger partial charge in [0.25, 0.3) is 0 Å². The molecule has 3 N–H and O–H groups in total. The molecular formula is C20H21N3O3S. The molecule has 0 spiro atoms. The molecule has 0 aliphatic rings. The van der Waals surface area contributed by atoms with Gasteiger partial charge >= 0.3 is 6.03 Å². The molecular weight excluding hydrogens is 362 g/mol. The third-order valence-corrected chi connectivity index (χ3v) is 4.70. The summed E-state index contributed by atoms with van der Waals surface area (Å²) in [4.78, 5) is 12.5. The maximum absolute atomic E-state index is 12.5. The molecule has 27 heavy (non-hydrogen) atoms. The second-order valence-electron chi connectivity index (χ2n) is 6.31. The van der Waals surface area contributed by atoms with Crippen molar-refractivity contribution in [2.45, 2.75) is 13.0 Å². The molecule has 0 aliphatic carbocycles. The third-order valence-electron chi connectivity index (χ3n) is 4.11. The van der Waals surface area contributed by atoms with Crippen LogP contribution in [0.5, 0.6) is 0 Å². The van der Waals surface area contributed by atoms with Crippen LogP contribution in [0.1, 0.15) is 18.5 Å². The number of amides is 2. The zero-order valence-corrected chi connectivity index (χ0v) is 15.9. The van der Waals surface area contributed by atoms with E-state index in [9.17, 15) is 13.2 Å². The fourth-order valence-electron chi connectivity index (χ4n) is 2.93. The fraction of sp³-hybridized carbons (Fsp3) is 0.150. The minimum absolute atomic E-state index is 0.368. The Bertz CT molecular complexity index is 1080. The van der Waals surface area contributed by atoms with Crippen LogP contribution in [0.2, 0.25) is 0 Å². The van der Waals surface area contributed by atoms with Gasteiger partial charge in [-0.1, -0.05) is 54.6 Å². The van der Waals surface area contributed by atoms with Crippen LogP contribution in [0.4, 0.5) is 16.2 Å². The molecule has 3 aromatic rings. The molecule has 2 amide bonds. The van der Waals surface area contributed by atoms with E-state index in [1.807, 2.05) is 42.5 Å². The van der Waals surface area contributed by atoms with Gasteiger partial charge in [-0.15, -0.1) is 0 Å². The smallest absolute Gasteiger partial charge is 0.319 e. The van der Waals surface area contributed by atoms with Crippen molar-refractivity contribution in [3.05, 3.63) is 72.3 Å². The van der Waals surface area contributed by atoms with Gasteiger partial charge in [0.15, 0.2) is 0 Å². The summed E-state index contributed by atoms with van der Waals surface area (Å²) < 4.78 is 25.6. The summed E-state index contributed by atoms with van der Waals surface area (Å²) in [5, 5.41) is 7.69. The summed E-state index contributed by atoms with van der Waals surface area (Å²) in [7, 11) is -3.41. The van der Waals surface area contributed by atoms with E-state index in [1.165, 1.54) is 0 Å². The molecule has 1 atom stereocenters. The van der Waals surface area contributed by atoms with Crippen molar-refractivity contribution in [2.75, 3.05) is 16.3 Å². The summed E-state index contributed by atoms with van der Waals surface area (Å²) in [6.07, 6.45) is 1.09. The zero-order valence-electron chi connectivity index (χ0n) is 15.1. The molecule has 0 radical (unpaired) electrons. The Kier molecular flexibility index (Phi) is 5.32. The van der Waals surface area contributed by atoms with Crippen molar-refractivity contribution in [3.63, 3.8) is 0 Å². The molecule has 0 heterocycles. The number of hydrogen-bond donors (Lipinski definition) is 3. The van der Waals surface area contributed by atoms with E-state index < -0.39 is 16.1 Å². The number of carbonyl (C=O) groups is 1. The molecule has 0 aliphatic heterocycles. The predicted molar refractivity (Wildman–Crippen MR) is 109 cm³/mol. The van der Waals surface area contributed by atoms with Gasteiger partial charge in [-0.25, -0.2) is 13.2 Å². The monoisotopic (exact) mass is 383 g/mol. The zero-order chi connectivity index (χ0) is 19.4. The number of para-hydroxylation sites is 1. The van der Waals surface area contributed by atoms with Crippen LogP contribution in [-0.2, 0) is 10.0 Å². The molecule has 140 valence electrons. The Morgan fingerprint density at radius 2 is 1.52 bits per heavy atom. The Morgan fingerprint density at radius 3 is 2.30 bits per heavy atom. The van der Waals surface area contributed by atoms with E-state index in [2.05, 4.69) is 15.4 Å². The van der Waals surface area contributed by atoms with Crippen LogP contribution in [0, 0.1) is 0 Å². The first-order valence-electron chi connectivity index (χ1n) is 8.45. The minimum Gasteiger partial charge on any atom is -0.331 e. The number of carbonyl (C=O) groups excluding carboxylic acids is 1. The number of benzene rings is 3. The van der Waals surface area contributed by atoms with Gasteiger partial charge in [-0.05, 0) is 30.0 Å². The van der Waals surface area contributed by atoms with E-state index in [0.717, 1.165) is 17.0 Å². The normalized spacial score (nSPS) is 12.4. The van der Waals surface area contributed by atoms with E-state index in [-0.39, 0.29) is 6.03 Å². The van der Waals surface area contributed by atoms with Gasteiger partial charge in [0.2, 0.25) is 10.0 Å². The number of fused-ring (bicyclic) bond motifs is 1. The lowest BCUT2D eigenvalue weighted by Crippen LogP contribution is -2.31. The quantitative estimate of drug-likeness (QED) is 0.620. The summed E-state index contributed by atoms with van der Waals surface area (Å²) in [5.74, 6) is 0. The van der Waals surface area contributed by atoms with Crippen molar-refractivity contribution in [1.82, 2.24) is 5.32 Å². The highest BCUT2D eigenvalue weighted by atomic mass is 32.2. The van der Waals surface area contributed by atoms with Gasteiger partial charge in [-0.3, -0.25) is 4.72 Å². The largest absolute Gasteiger partial charge is 0.331 e. The van der Waals surface area contributed by atoms with E-state index in [0.29, 0.717) is 16.9 Å². The Morgan fingerprint density at radius 1 is 0.889 bits per heavy atom. The van der Waals surface area contributed by atoms with Crippen molar-refractivity contribution in [1.29, 1.82) is 0 Å². The molecule has 6 nitrogen and oxygen atoms in total. The average molecular weight is 383 g/mol. The first-order chi connectivity index (χ1) is 12.8. The molecule has 0 saturated carbocycles. The number of urea groups is 1. The standard InChI is InChI=1S/C20H21N3O3S/c1-14(16-10-5-6-12-19(16)23-27(2,25)26)21-20(24)22-18-13-7-9-15-8-3-4-11-17(15)18/h3-14,23H,1-2H3,(H2,21,22,24). The first-order valence-corrected chi connectivity index (χ1v) is 10.3. The summed E-state index contributed by atoms with van der Waals surface area (Å²) in [6.45, 7) is 1.80. The van der Waals surface area contributed by atoms with Crippen molar-refractivity contribution < 1.29 is 13.2 Å². The lowest BCUT2D eigenvalue weighted by atomic mass is 10.1. The fourth-order valence-corrected chi connectivity index (χ4v) is 3.52. The lowest BCUT2D eigenvalue weighted by Gasteiger charge is -2.19.